The summed E-state index contributed by atoms with van der Waals surface area (Å²) in [5.74, 6) is 0.755. The summed E-state index contributed by atoms with van der Waals surface area (Å²) in [6, 6.07) is 13.8. The van der Waals surface area contributed by atoms with Crippen LogP contribution in [0.2, 0.25) is 0 Å². The molecule has 0 saturated carbocycles. The van der Waals surface area contributed by atoms with Crippen molar-refractivity contribution in [1.82, 2.24) is 14.8 Å². The molecule has 0 atom stereocenters. The molecule has 0 aliphatic heterocycles. The van der Waals surface area contributed by atoms with E-state index in [-0.39, 0.29) is 22.3 Å². The van der Waals surface area contributed by atoms with Crippen LogP contribution < -0.4 is 20.7 Å². The summed E-state index contributed by atoms with van der Waals surface area (Å²) < 4.78 is 30.3. The van der Waals surface area contributed by atoms with Crippen LogP contribution in [0, 0.1) is 13.8 Å². The molecule has 1 heterocycles. The number of anilines is 2. The van der Waals surface area contributed by atoms with Gasteiger partial charge in [-0.15, -0.1) is 4.83 Å². The highest BCUT2D eigenvalue weighted by Gasteiger charge is 2.16. The van der Waals surface area contributed by atoms with Gasteiger partial charge in [0.1, 0.15) is 17.8 Å². The zero-order chi connectivity index (χ0) is 19.4. The second kappa shape index (κ2) is 7.60. The number of nitrogens with two attached hydrogens (primary N) is 1. The zero-order valence-corrected chi connectivity index (χ0v) is 15.6. The SMILES string of the molecule is Cc1ccc(Oc2ncnc(NNS(=O)(=O)c3ccc(C)cc3)c2N)cc1. The molecular weight excluding hydrogens is 366 g/mol. The number of rotatable bonds is 6. The van der Waals surface area contributed by atoms with Gasteiger partial charge in [0.2, 0.25) is 5.88 Å². The number of hydrogen-bond donors (Lipinski definition) is 3. The first-order valence-corrected chi connectivity index (χ1v) is 9.53. The van der Waals surface area contributed by atoms with E-state index in [1.165, 1.54) is 18.5 Å². The lowest BCUT2D eigenvalue weighted by molar-refractivity contribution is 0.464. The van der Waals surface area contributed by atoms with Crippen LogP contribution in [-0.2, 0) is 10.0 Å². The van der Waals surface area contributed by atoms with Crippen molar-refractivity contribution in [2.75, 3.05) is 11.2 Å². The third kappa shape index (κ3) is 4.52. The van der Waals surface area contributed by atoms with Gasteiger partial charge in [-0.3, -0.25) is 5.43 Å². The van der Waals surface area contributed by atoms with Gasteiger partial charge in [-0.1, -0.05) is 35.4 Å². The molecular formula is C18H19N5O3S. The molecule has 0 saturated heterocycles. The minimum atomic E-state index is -3.79. The average molecular weight is 385 g/mol. The zero-order valence-electron chi connectivity index (χ0n) is 14.8. The number of nitrogen functional groups attached to an aromatic ring is 1. The number of hydrazine groups is 1. The highest BCUT2D eigenvalue weighted by atomic mass is 32.2. The van der Waals surface area contributed by atoms with E-state index in [2.05, 4.69) is 20.2 Å². The van der Waals surface area contributed by atoms with Gasteiger partial charge in [0, 0.05) is 0 Å². The molecule has 0 amide bonds. The Hall–Kier alpha value is -3.17. The van der Waals surface area contributed by atoms with Crippen molar-refractivity contribution in [3.05, 3.63) is 66.0 Å². The molecule has 3 rings (SSSR count). The number of ether oxygens (including phenoxy) is 1. The average Bonchev–Trinajstić information content (AvgIpc) is 2.64. The molecule has 0 bridgehead atoms. The number of benzene rings is 2. The van der Waals surface area contributed by atoms with E-state index in [0.717, 1.165) is 11.1 Å². The first-order valence-electron chi connectivity index (χ1n) is 8.04. The largest absolute Gasteiger partial charge is 0.437 e. The van der Waals surface area contributed by atoms with E-state index in [0.29, 0.717) is 5.75 Å². The molecule has 4 N–H and O–H groups in total. The van der Waals surface area contributed by atoms with Crippen LogP contribution in [0.1, 0.15) is 11.1 Å². The van der Waals surface area contributed by atoms with Gasteiger partial charge in [-0.2, -0.15) is 4.98 Å². The quantitative estimate of drug-likeness (QED) is 0.558. The van der Waals surface area contributed by atoms with Crippen LogP contribution in [0.25, 0.3) is 0 Å². The van der Waals surface area contributed by atoms with Crippen molar-refractivity contribution < 1.29 is 13.2 Å². The lowest BCUT2D eigenvalue weighted by Crippen LogP contribution is -2.30. The molecule has 2 aromatic carbocycles. The Kier molecular flexibility index (Phi) is 5.24. The predicted octanol–water partition coefficient (Wildman–Crippen LogP) is 2.77. The Morgan fingerprint density at radius 2 is 1.52 bits per heavy atom. The second-order valence-electron chi connectivity index (χ2n) is 5.90. The molecule has 3 aromatic rings. The van der Waals surface area contributed by atoms with Crippen molar-refractivity contribution >= 4 is 21.5 Å². The standard InChI is InChI=1S/C18H19N5O3S/c1-12-3-7-14(8-4-12)26-18-16(19)17(20-11-21-18)22-23-27(24,25)15-9-5-13(2)6-10-15/h3-11,23H,19H2,1-2H3,(H,20,21,22). The van der Waals surface area contributed by atoms with E-state index in [9.17, 15) is 8.42 Å². The first-order chi connectivity index (χ1) is 12.8. The van der Waals surface area contributed by atoms with E-state index >= 15 is 0 Å². The van der Waals surface area contributed by atoms with Crippen LogP contribution in [0.4, 0.5) is 11.5 Å². The second-order valence-corrected chi connectivity index (χ2v) is 7.58. The number of hydrogen-bond acceptors (Lipinski definition) is 7. The third-order valence-electron chi connectivity index (χ3n) is 3.72. The van der Waals surface area contributed by atoms with Gasteiger partial charge in [-0.05, 0) is 38.1 Å². The number of sulfonamides is 1. The van der Waals surface area contributed by atoms with Crippen molar-refractivity contribution in [2.24, 2.45) is 0 Å². The molecule has 0 unspecified atom stereocenters. The number of aromatic nitrogens is 2. The van der Waals surface area contributed by atoms with Gasteiger partial charge in [0.15, 0.2) is 5.82 Å². The summed E-state index contributed by atoms with van der Waals surface area (Å²) in [7, 11) is -3.79. The molecule has 140 valence electrons. The summed E-state index contributed by atoms with van der Waals surface area (Å²) in [4.78, 5) is 10.3. The molecule has 1 aromatic heterocycles. The highest BCUT2D eigenvalue weighted by Crippen LogP contribution is 2.29. The van der Waals surface area contributed by atoms with Gasteiger partial charge in [-0.25, -0.2) is 13.4 Å². The Balaban J connectivity index is 1.75. The molecule has 0 fully saturated rings. The lowest BCUT2D eigenvalue weighted by atomic mass is 10.2. The smallest absolute Gasteiger partial charge is 0.257 e. The lowest BCUT2D eigenvalue weighted by Gasteiger charge is -2.13. The van der Waals surface area contributed by atoms with Gasteiger partial charge in [0.05, 0.1) is 4.90 Å². The third-order valence-corrected chi connectivity index (χ3v) is 4.98. The van der Waals surface area contributed by atoms with E-state index in [1.807, 2.05) is 26.0 Å². The number of aryl methyl sites for hydroxylation is 2. The Bertz CT molecular complexity index is 1040. The summed E-state index contributed by atoms with van der Waals surface area (Å²) in [5, 5.41) is 0. The summed E-state index contributed by atoms with van der Waals surface area (Å²) in [6.45, 7) is 3.84. The topological polar surface area (TPSA) is 119 Å². The molecule has 0 spiro atoms. The molecule has 8 nitrogen and oxygen atoms in total. The summed E-state index contributed by atoms with van der Waals surface area (Å²) >= 11 is 0. The molecule has 0 aliphatic rings. The van der Waals surface area contributed by atoms with Gasteiger partial charge < -0.3 is 10.5 Å². The Morgan fingerprint density at radius 1 is 0.926 bits per heavy atom. The predicted molar refractivity (Wildman–Crippen MR) is 103 cm³/mol. The monoisotopic (exact) mass is 385 g/mol. The van der Waals surface area contributed by atoms with Gasteiger partial charge >= 0.3 is 0 Å². The summed E-state index contributed by atoms with van der Waals surface area (Å²) in [6.07, 6.45) is 1.22. The first kappa shape index (κ1) is 18.6. The maximum absolute atomic E-state index is 12.3. The van der Waals surface area contributed by atoms with Gasteiger partial charge in [0.25, 0.3) is 10.0 Å². The fourth-order valence-electron chi connectivity index (χ4n) is 2.17. The molecule has 0 aliphatic carbocycles. The van der Waals surface area contributed by atoms with E-state index < -0.39 is 10.0 Å². The van der Waals surface area contributed by atoms with Crippen LogP contribution in [0.15, 0.2) is 59.8 Å². The molecule has 0 radical (unpaired) electrons. The number of nitrogens with one attached hydrogen (secondary N) is 2. The van der Waals surface area contributed by atoms with Crippen LogP contribution in [0.3, 0.4) is 0 Å². The minimum absolute atomic E-state index is 0.0738. The Labute approximate surface area is 157 Å². The molecule has 27 heavy (non-hydrogen) atoms. The highest BCUT2D eigenvalue weighted by molar-refractivity contribution is 7.89. The van der Waals surface area contributed by atoms with Crippen LogP contribution >= 0.6 is 0 Å². The molecule has 9 heteroatoms. The number of nitrogens with zero attached hydrogens (tertiary/aromatic N) is 2. The van der Waals surface area contributed by atoms with E-state index in [1.54, 1.807) is 24.3 Å². The Morgan fingerprint density at radius 3 is 2.15 bits per heavy atom. The summed E-state index contributed by atoms with van der Waals surface area (Å²) in [5.41, 5.74) is 10.6. The van der Waals surface area contributed by atoms with E-state index in [4.69, 9.17) is 10.5 Å². The maximum Gasteiger partial charge on any atom is 0.257 e. The minimum Gasteiger partial charge on any atom is -0.437 e. The van der Waals surface area contributed by atoms with Crippen molar-refractivity contribution in [3.63, 3.8) is 0 Å². The van der Waals surface area contributed by atoms with Crippen molar-refractivity contribution in [2.45, 2.75) is 18.7 Å². The normalized spacial score (nSPS) is 11.2. The van der Waals surface area contributed by atoms with Crippen LogP contribution in [0.5, 0.6) is 11.6 Å². The fourth-order valence-corrected chi connectivity index (χ4v) is 3.01. The van der Waals surface area contributed by atoms with Crippen LogP contribution in [-0.4, -0.2) is 18.4 Å². The maximum atomic E-state index is 12.3. The van der Waals surface area contributed by atoms with Crippen molar-refractivity contribution in [3.8, 4) is 11.6 Å². The van der Waals surface area contributed by atoms with Crippen molar-refractivity contribution in [1.29, 1.82) is 0 Å². The fraction of sp³-hybridized carbons (Fsp3) is 0.111.